The Labute approximate surface area is 99.4 Å². The van der Waals surface area contributed by atoms with Crippen LogP contribution in [0.4, 0.5) is 0 Å². The fourth-order valence-corrected chi connectivity index (χ4v) is 3.10. The summed E-state index contributed by atoms with van der Waals surface area (Å²) in [6.45, 7) is 1.95. The monoisotopic (exact) mass is 295 g/mol. The average molecular weight is 296 g/mol. The minimum atomic E-state index is -0.262. The van der Waals surface area contributed by atoms with Gasteiger partial charge in [-0.25, -0.2) is 4.98 Å². The second-order valence-electron chi connectivity index (χ2n) is 2.56. The molecule has 0 N–H and O–H groups in total. The topological polar surface area (TPSA) is 39.2 Å². The average Bonchev–Trinajstić information content (AvgIpc) is 2.59. The van der Waals surface area contributed by atoms with Crippen molar-refractivity contribution in [3.8, 4) is 0 Å². The number of carbonyl (C=O) groups is 1. The van der Waals surface area contributed by atoms with Crippen LogP contribution in [0.15, 0.2) is 9.72 Å². The molecule has 1 aromatic rings. The normalized spacial score (nSPS) is 12.5. The Morgan fingerprint density at radius 2 is 2.57 bits per heavy atom. The van der Waals surface area contributed by atoms with Gasteiger partial charge in [-0.2, -0.15) is 0 Å². The predicted octanol–water partition coefficient (Wildman–Crippen LogP) is 2.48. The molecule has 0 aliphatic heterocycles. The number of methoxy groups -OCH3 is 1. The van der Waals surface area contributed by atoms with Crippen LogP contribution in [0, 0.1) is 6.92 Å². The molecule has 0 saturated carbocycles. The molecule has 0 amide bonds. The highest BCUT2D eigenvalue weighted by Crippen LogP contribution is 2.24. The molecule has 0 bridgehead atoms. The highest BCUT2D eigenvalue weighted by molar-refractivity contribution is 9.10. The molecule has 0 aliphatic rings. The third-order valence-electron chi connectivity index (χ3n) is 1.41. The number of nitrogens with zero attached hydrogens (tertiary/aromatic N) is 1. The quantitative estimate of drug-likeness (QED) is 0.486. The molecule has 1 rings (SSSR count). The van der Waals surface area contributed by atoms with E-state index in [9.17, 15) is 4.79 Å². The van der Waals surface area contributed by atoms with E-state index in [-0.39, 0.29) is 10.8 Å². The summed E-state index contributed by atoms with van der Waals surface area (Å²) >= 11 is 6.39. The van der Waals surface area contributed by atoms with Gasteiger partial charge in [-0.05, 0) is 6.92 Å². The van der Waals surface area contributed by atoms with Crippen LogP contribution in [-0.2, 0) is 9.53 Å². The molecule has 1 aromatic heterocycles. The van der Waals surface area contributed by atoms with Gasteiger partial charge in [-0.15, -0.1) is 11.3 Å². The molecule has 1 unspecified atom stereocenters. The summed E-state index contributed by atoms with van der Waals surface area (Å²) in [5.74, 6) is 0.394. The SMILES string of the molecule is COC(=O)C(Br)CSc1nc(C)cs1. The molecule has 0 radical (unpaired) electrons. The number of aromatic nitrogens is 1. The Balaban J connectivity index is 2.37. The molecule has 3 nitrogen and oxygen atoms in total. The van der Waals surface area contributed by atoms with Gasteiger partial charge in [0, 0.05) is 16.8 Å². The molecule has 14 heavy (non-hydrogen) atoms. The van der Waals surface area contributed by atoms with Crippen molar-refractivity contribution in [1.82, 2.24) is 4.98 Å². The van der Waals surface area contributed by atoms with Crippen LogP contribution in [0.1, 0.15) is 5.69 Å². The van der Waals surface area contributed by atoms with E-state index >= 15 is 0 Å². The van der Waals surface area contributed by atoms with Crippen LogP contribution in [-0.4, -0.2) is 28.6 Å². The zero-order valence-electron chi connectivity index (χ0n) is 7.82. The molecule has 1 heterocycles. The summed E-state index contributed by atoms with van der Waals surface area (Å²) < 4.78 is 5.57. The highest BCUT2D eigenvalue weighted by atomic mass is 79.9. The number of esters is 1. The lowest BCUT2D eigenvalue weighted by Gasteiger charge is -2.04. The van der Waals surface area contributed by atoms with Crippen LogP contribution in [0.3, 0.4) is 0 Å². The van der Waals surface area contributed by atoms with Crippen LogP contribution in [0.5, 0.6) is 0 Å². The molecule has 78 valence electrons. The Hall–Kier alpha value is -0.0700. The van der Waals surface area contributed by atoms with Crippen molar-refractivity contribution < 1.29 is 9.53 Å². The van der Waals surface area contributed by atoms with Crippen molar-refractivity contribution >= 4 is 45.0 Å². The van der Waals surface area contributed by atoms with Crippen LogP contribution >= 0.6 is 39.0 Å². The number of rotatable bonds is 4. The lowest BCUT2D eigenvalue weighted by atomic mass is 10.5. The molecular weight excluding hydrogens is 286 g/mol. The summed E-state index contributed by atoms with van der Waals surface area (Å²) in [6.07, 6.45) is 0. The maximum Gasteiger partial charge on any atom is 0.320 e. The van der Waals surface area contributed by atoms with E-state index in [0.29, 0.717) is 5.75 Å². The number of hydrogen-bond donors (Lipinski definition) is 0. The van der Waals surface area contributed by atoms with Gasteiger partial charge < -0.3 is 4.74 Å². The van der Waals surface area contributed by atoms with E-state index in [2.05, 4.69) is 25.7 Å². The maximum atomic E-state index is 11.0. The summed E-state index contributed by atoms with van der Waals surface area (Å²) in [6, 6.07) is 0. The Bertz CT molecular complexity index is 316. The van der Waals surface area contributed by atoms with Gasteiger partial charge in [0.05, 0.1) is 7.11 Å². The molecule has 0 aromatic carbocycles. The molecular formula is C8H10BrNO2S2. The van der Waals surface area contributed by atoms with Crippen molar-refractivity contribution in [1.29, 1.82) is 0 Å². The van der Waals surface area contributed by atoms with Crippen molar-refractivity contribution in [2.24, 2.45) is 0 Å². The van der Waals surface area contributed by atoms with Crippen molar-refractivity contribution in [2.45, 2.75) is 16.1 Å². The number of thiazole rings is 1. The summed E-state index contributed by atoms with van der Waals surface area (Å²) in [5.41, 5.74) is 1.02. The zero-order chi connectivity index (χ0) is 10.6. The van der Waals surface area contributed by atoms with E-state index < -0.39 is 0 Å². The van der Waals surface area contributed by atoms with E-state index in [1.165, 1.54) is 7.11 Å². The van der Waals surface area contributed by atoms with E-state index in [1.807, 2.05) is 12.3 Å². The molecule has 0 spiro atoms. The van der Waals surface area contributed by atoms with Gasteiger partial charge in [0.1, 0.15) is 9.17 Å². The minimum Gasteiger partial charge on any atom is -0.468 e. The first-order valence-corrected chi connectivity index (χ1v) is 6.68. The first-order valence-electron chi connectivity index (χ1n) is 3.90. The fourth-order valence-electron chi connectivity index (χ4n) is 0.739. The summed E-state index contributed by atoms with van der Waals surface area (Å²) in [5, 5.41) is 1.99. The molecule has 6 heteroatoms. The van der Waals surface area contributed by atoms with Gasteiger partial charge >= 0.3 is 5.97 Å². The lowest BCUT2D eigenvalue weighted by molar-refractivity contribution is -0.139. The summed E-state index contributed by atoms with van der Waals surface area (Å²) in [7, 11) is 1.38. The third-order valence-corrected chi connectivity index (χ3v) is 4.77. The number of aryl methyl sites for hydroxylation is 1. The fraction of sp³-hybridized carbons (Fsp3) is 0.500. The molecule has 0 saturated heterocycles. The Kier molecular flexibility index (Phi) is 4.91. The van der Waals surface area contributed by atoms with Crippen LogP contribution < -0.4 is 0 Å². The number of hydrogen-bond acceptors (Lipinski definition) is 5. The molecule has 1 atom stereocenters. The summed E-state index contributed by atoms with van der Waals surface area (Å²) in [4.78, 5) is 15.1. The third kappa shape index (κ3) is 3.59. The maximum absolute atomic E-state index is 11.0. The van der Waals surface area contributed by atoms with Crippen LogP contribution in [0.2, 0.25) is 0 Å². The number of halogens is 1. The van der Waals surface area contributed by atoms with E-state index in [0.717, 1.165) is 10.0 Å². The molecule has 0 fully saturated rings. The number of ether oxygens (including phenoxy) is 1. The first kappa shape index (κ1) is 12.0. The van der Waals surface area contributed by atoms with Gasteiger partial charge in [-0.3, -0.25) is 4.79 Å². The smallest absolute Gasteiger partial charge is 0.320 e. The van der Waals surface area contributed by atoms with Gasteiger partial charge in [0.2, 0.25) is 0 Å². The second-order valence-corrected chi connectivity index (χ2v) is 5.79. The van der Waals surface area contributed by atoms with E-state index in [4.69, 9.17) is 0 Å². The Morgan fingerprint density at radius 3 is 3.07 bits per heavy atom. The van der Waals surface area contributed by atoms with Crippen molar-refractivity contribution in [3.63, 3.8) is 0 Å². The number of thioether (sulfide) groups is 1. The van der Waals surface area contributed by atoms with Crippen LogP contribution in [0.25, 0.3) is 0 Å². The van der Waals surface area contributed by atoms with Gasteiger partial charge in [-0.1, -0.05) is 27.7 Å². The predicted molar refractivity (Wildman–Crippen MR) is 62.3 cm³/mol. The Morgan fingerprint density at radius 1 is 1.86 bits per heavy atom. The lowest BCUT2D eigenvalue weighted by Crippen LogP contribution is -2.17. The molecule has 0 aliphatic carbocycles. The van der Waals surface area contributed by atoms with E-state index in [1.54, 1.807) is 23.1 Å². The largest absolute Gasteiger partial charge is 0.468 e. The zero-order valence-corrected chi connectivity index (χ0v) is 11.0. The minimum absolute atomic E-state index is 0.245. The second kappa shape index (κ2) is 5.72. The number of alkyl halides is 1. The standard InChI is InChI=1S/C8H10BrNO2S2/c1-5-3-13-8(10-5)14-4-6(9)7(11)12-2/h3,6H,4H2,1-2H3. The van der Waals surface area contributed by atoms with Crippen molar-refractivity contribution in [2.75, 3.05) is 12.9 Å². The van der Waals surface area contributed by atoms with Crippen molar-refractivity contribution in [3.05, 3.63) is 11.1 Å². The van der Waals surface area contributed by atoms with Gasteiger partial charge in [0.25, 0.3) is 0 Å². The first-order chi connectivity index (χ1) is 6.63. The number of carbonyl (C=O) groups excluding carboxylic acids is 1. The van der Waals surface area contributed by atoms with Gasteiger partial charge in [0.15, 0.2) is 0 Å². The highest BCUT2D eigenvalue weighted by Gasteiger charge is 2.15.